The van der Waals surface area contributed by atoms with E-state index in [0.717, 1.165) is 18.1 Å². The number of amides is 1. The van der Waals surface area contributed by atoms with Crippen LogP contribution in [-0.4, -0.2) is 26.0 Å². The second kappa shape index (κ2) is 9.01. The zero-order valence-electron chi connectivity index (χ0n) is 19.3. The highest BCUT2D eigenvalue weighted by atomic mass is 32.2. The highest BCUT2D eigenvalue weighted by molar-refractivity contribution is 7.86. The molecule has 0 fully saturated rings. The highest BCUT2D eigenvalue weighted by Gasteiger charge is 2.30. The number of methoxy groups -OCH3 is 1. The molecule has 2 N–H and O–H groups in total. The van der Waals surface area contributed by atoms with Crippen LogP contribution in [0.15, 0.2) is 47.4 Å². The average Bonchev–Trinajstić information content (AvgIpc) is 2.64. The van der Waals surface area contributed by atoms with E-state index in [1.807, 2.05) is 12.1 Å². The van der Waals surface area contributed by atoms with Gasteiger partial charge in [0.1, 0.15) is 10.6 Å². The van der Waals surface area contributed by atoms with Crippen molar-refractivity contribution in [3.63, 3.8) is 0 Å². The molecule has 0 aliphatic carbocycles. The van der Waals surface area contributed by atoms with Crippen molar-refractivity contribution in [3.05, 3.63) is 53.6 Å². The number of rotatable bonds is 6. The van der Waals surface area contributed by atoms with Gasteiger partial charge in [-0.3, -0.25) is 9.35 Å². The van der Waals surface area contributed by atoms with Crippen molar-refractivity contribution < 1.29 is 22.5 Å². The van der Waals surface area contributed by atoms with Crippen LogP contribution in [0.4, 0.5) is 5.69 Å². The molecule has 170 valence electrons. The number of nitrogens with one attached hydrogen (secondary N) is 1. The molecule has 0 heterocycles. The minimum Gasteiger partial charge on any atom is -0.497 e. The van der Waals surface area contributed by atoms with Crippen molar-refractivity contribution in [3.8, 4) is 5.75 Å². The van der Waals surface area contributed by atoms with E-state index in [0.29, 0.717) is 11.5 Å². The first kappa shape index (κ1) is 24.9. The van der Waals surface area contributed by atoms with Crippen LogP contribution < -0.4 is 10.1 Å². The number of hydrogen-bond donors (Lipinski definition) is 2. The van der Waals surface area contributed by atoms with Gasteiger partial charge in [-0.25, -0.2) is 0 Å². The van der Waals surface area contributed by atoms with Gasteiger partial charge in [0.05, 0.1) is 12.8 Å². The summed E-state index contributed by atoms with van der Waals surface area (Å²) in [6.45, 7) is 13.3. The first-order valence-corrected chi connectivity index (χ1v) is 11.6. The molecule has 0 bridgehead atoms. The van der Waals surface area contributed by atoms with Crippen molar-refractivity contribution >= 4 is 21.7 Å². The molecule has 7 heteroatoms. The molecule has 1 unspecified atom stereocenters. The summed E-state index contributed by atoms with van der Waals surface area (Å²) < 4.78 is 37.9. The molecule has 0 aliphatic heterocycles. The van der Waals surface area contributed by atoms with E-state index in [9.17, 15) is 17.8 Å². The molecule has 0 aromatic heterocycles. The van der Waals surface area contributed by atoms with E-state index in [1.165, 1.54) is 19.2 Å². The Morgan fingerprint density at radius 1 is 1.03 bits per heavy atom. The lowest BCUT2D eigenvalue weighted by atomic mass is 9.69. The second-order valence-corrected chi connectivity index (χ2v) is 11.5. The lowest BCUT2D eigenvalue weighted by molar-refractivity contribution is 0.102. The van der Waals surface area contributed by atoms with E-state index < -0.39 is 20.9 Å². The Labute approximate surface area is 185 Å². The number of carbonyl (C=O) groups is 1. The molecule has 2 aromatic rings. The van der Waals surface area contributed by atoms with Gasteiger partial charge >= 0.3 is 0 Å². The number of carbonyl (C=O) groups excluding carboxylic acids is 1. The Hall–Kier alpha value is -2.38. The molecule has 1 amide bonds. The van der Waals surface area contributed by atoms with Crippen LogP contribution in [-0.2, 0) is 10.1 Å². The molecule has 0 saturated heterocycles. The van der Waals surface area contributed by atoms with Gasteiger partial charge in [-0.2, -0.15) is 8.42 Å². The standard InChI is InChI=1S/C24H33NO5S/c1-23(2,3)15-19(24(4,5)6)16-8-10-17(11-9-16)22(26)25-20-13-12-18(30-7)14-21(20)31(27,28)29/h8-14,19H,15H2,1-7H3,(H,25,26)(H,27,28,29). The minimum absolute atomic E-state index is 0.0160. The Bertz CT molecular complexity index is 1030. The van der Waals surface area contributed by atoms with Gasteiger partial charge in [0.15, 0.2) is 0 Å². The quantitative estimate of drug-likeness (QED) is 0.549. The van der Waals surface area contributed by atoms with Crippen molar-refractivity contribution in [1.82, 2.24) is 0 Å². The third-order valence-corrected chi connectivity index (χ3v) is 6.05. The molecule has 0 spiro atoms. The summed E-state index contributed by atoms with van der Waals surface area (Å²) in [5.41, 5.74) is 1.75. The van der Waals surface area contributed by atoms with Crippen LogP contribution >= 0.6 is 0 Å². The lowest BCUT2D eigenvalue weighted by Gasteiger charge is -2.36. The van der Waals surface area contributed by atoms with Gasteiger partial charge in [-0.15, -0.1) is 0 Å². The van der Waals surface area contributed by atoms with Gasteiger partial charge in [-0.1, -0.05) is 53.7 Å². The molecular weight excluding hydrogens is 414 g/mol. The summed E-state index contributed by atoms with van der Waals surface area (Å²) >= 11 is 0. The Balaban J connectivity index is 2.31. The van der Waals surface area contributed by atoms with E-state index in [2.05, 4.69) is 46.9 Å². The topological polar surface area (TPSA) is 92.7 Å². The summed E-state index contributed by atoms with van der Waals surface area (Å²) in [7, 11) is -3.16. The number of ether oxygens (including phenoxy) is 1. The van der Waals surface area contributed by atoms with Crippen LogP contribution in [0, 0.1) is 10.8 Å². The Morgan fingerprint density at radius 3 is 2.06 bits per heavy atom. The molecule has 6 nitrogen and oxygen atoms in total. The van der Waals surface area contributed by atoms with Crippen LogP contribution in [0.5, 0.6) is 5.75 Å². The van der Waals surface area contributed by atoms with Crippen LogP contribution in [0.1, 0.15) is 69.8 Å². The third-order valence-electron chi connectivity index (χ3n) is 5.15. The summed E-state index contributed by atoms with van der Waals surface area (Å²) in [6, 6.07) is 11.4. The maximum absolute atomic E-state index is 12.7. The van der Waals surface area contributed by atoms with Gasteiger partial charge in [0.25, 0.3) is 16.0 Å². The molecule has 2 aromatic carbocycles. The largest absolute Gasteiger partial charge is 0.497 e. The molecule has 0 saturated carbocycles. The monoisotopic (exact) mass is 447 g/mol. The average molecular weight is 448 g/mol. The first-order valence-electron chi connectivity index (χ1n) is 10.2. The highest BCUT2D eigenvalue weighted by Crippen LogP contribution is 2.43. The fourth-order valence-corrected chi connectivity index (χ4v) is 4.21. The van der Waals surface area contributed by atoms with Crippen LogP contribution in [0.2, 0.25) is 0 Å². The van der Waals surface area contributed by atoms with Gasteiger partial charge < -0.3 is 10.1 Å². The van der Waals surface area contributed by atoms with Gasteiger partial charge in [0.2, 0.25) is 0 Å². The molecule has 1 atom stereocenters. The van der Waals surface area contributed by atoms with Crippen molar-refractivity contribution in [2.45, 2.75) is 58.8 Å². The third kappa shape index (κ3) is 6.80. The SMILES string of the molecule is COc1ccc(NC(=O)c2ccc(C(CC(C)(C)C)C(C)(C)C)cc2)c(S(=O)(=O)O)c1. The molecule has 0 radical (unpaired) electrons. The first-order chi connectivity index (χ1) is 14.1. The van der Waals surface area contributed by atoms with Crippen molar-refractivity contribution in [2.75, 3.05) is 12.4 Å². The summed E-state index contributed by atoms with van der Waals surface area (Å²) in [5, 5.41) is 2.57. The number of anilines is 1. The number of hydrogen-bond acceptors (Lipinski definition) is 4. The number of benzene rings is 2. The Morgan fingerprint density at radius 2 is 1.61 bits per heavy atom. The molecular formula is C24H33NO5S. The minimum atomic E-state index is -4.54. The van der Waals surface area contributed by atoms with E-state index >= 15 is 0 Å². The van der Waals surface area contributed by atoms with Gasteiger partial charge in [0, 0.05) is 11.6 Å². The van der Waals surface area contributed by atoms with E-state index in [-0.39, 0.29) is 22.3 Å². The maximum atomic E-state index is 12.7. The zero-order chi connectivity index (χ0) is 23.6. The van der Waals surface area contributed by atoms with Crippen LogP contribution in [0.3, 0.4) is 0 Å². The predicted octanol–water partition coefficient (Wildman–Crippen LogP) is 5.76. The van der Waals surface area contributed by atoms with E-state index in [1.54, 1.807) is 12.1 Å². The second-order valence-electron chi connectivity index (χ2n) is 10.1. The van der Waals surface area contributed by atoms with Gasteiger partial charge in [-0.05, 0) is 53.0 Å². The maximum Gasteiger partial charge on any atom is 0.296 e. The van der Waals surface area contributed by atoms with Crippen molar-refractivity contribution in [1.29, 1.82) is 0 Å². The summed E-state index contributed by atoms with van der Waals surface area (Å²) in [6.07, 6.45) is 1.01. The molecule has 2 rings (SSSR count). The van der Waals surface area contributed by atoms with E-state index in [4.69, 9.17) is 4.74 Å². The smallest absolute Gasteiger partial charge is 0.296 e. The summed E-state index contributed by atoms with van der Waals surface area (Å²) in [5.74, 6) is 0.101. The molecule has 31 heavy (non-hydrogen) atoms. The zero-order valence-corrected chi connectivity index (χ0v) is 20.1. The fourth-order valence-electron chi connectivity index (χ4n) is 3.54. The van der Waals surface area contributed by atoms with Crippen LogP contribution in [0.25, 0.3) is 0 Å². The summed E-state index contributed by atoms with van der Waals surface area (Å²) in [4.78, 5) is 12.3. The normalized spacial score (nSPS) is 13.5. The fraction of sp³-hybridized carbons (Fsp3) is 0.458. The molecule has 0 aliphatic rings. The predicted molar refractivity (Wildman–Crippen MR) is 123 cm³/mol. The lowest BCUT2D eigenvalue weighted by Crippen LogP contribution is -2.24. The Kier molecular flexibility index (Phi) is 7.23. The van der Waals surface area contributed by atoms with Crippen molar-refractivity contribution in [2.24, 2.45) is 10.8 Å².